The van der Waals surface area contributed by atoms with Crippen LogP contribution in [0.25, 0.3) is 0 Å². The molecule has 1 aliphatic heterocycles. The first-order valence-corrected chi connectivity index (χ1v) is 7.03. The lowest BCUT2D eigenvalue weighted by atomic mass is 10.0. The molecule has 1 amide bonds. The van der Waals surface area contributed by atoms with Gasteiger partial charge in [0, 0.05) is 0 Å². The molecule has 5 heteroatoms. The van der Waals surface area contributed by atoms with Gasteiger partial charge >= 0.3 is 0 Å². The summed E-state index contributed by atoms with van der Waals surface area (Å²) in [7, 11) is 0. The van der Waals surface area contributed by atoms with Crippen LogP contribution in [0.1, 0.15) is 26.9 Å². The van der Waals surface area contributed by atoms with Gasteiger partial charge in [-0.25, -0.2) is 4.39 Å². The van der Waals surface area contributed by atoms with Crippen LogP contribution in [0.5, 0.6) is 5.75 Å². The molecule has 0 aliphatic carbocycles. The molecule has 0 spiro atoms. The number of hydrogen-bond donors (Lipinski definition) is 1. The number of benzene rings is 2. The molecule has 2 aromatic carbocycles. The van der Waals surface area contributed by atoms with Crippen LogP contribution in [-0.4, -0.2) is 19.1 Å². The molecule has 0 saturated carbocycles. The lowest BCUT2D eigenvalue weighted by molar-refractivity contribution is 0.0957. The molecule has 108 valence electrons. The first-order valence-electron chi connectivity index (χ1n) is 6.59. The fourth-order valence-corrected chi connectivity index (χ4v) is 2.56. The second-order valence-corrected chi connectivity index (χ2v) is 5.21. The highest BCUT2D eigenvalue weighted by Gasteiger charge is 2.19. The van der Waals surface area contributed by atoms with Gasteiger partial charge in [0.05, 0.1) is 17.5 Å². The molecule has 21 heavy (non-hydrogen) atoms. The number of ether oxygens (including phenoxy) is 1. The molecule has 0 fully saturated rings. The van der Waals surface area contributed by atoms with Gasteiger partial charge in [0.25, 0.3) is 5.91 Å². The maximum absolute atomic E-state index is 13.3. The van der Waals surface area contributed by atoms with Crippen molar-refractivity contribution in [1.82, 2.24) is 5.32 Å². The van der Waals surface area contributed by atoms with E-state index < -0.39 is 5.38 Å². The molecule has 0 saturated heterocycles. The first-order chi connectivity index (χ1) is 10.1. The summed E-state index contributed by atoms with van der Waals surface area (Å²) in [6, 6.07) is 11.3. The summed E-state index contributed by atoms with van der Waals surface area (Å²) in [6.45, 7) is 0.906. The van der Waals surface area contributed by atoms with Gasteiger partial charge in [-0.2, -0.15) is 0 Å². The Hall–Kier alpha value is -2.07. The number of carbonyl (C=O) groups is 1. The molecule has 0 bridgehead atoms. The van der Waals surface area contributed by atoms with E-state index in [0.29, 0.717) is 30.0 Å². The van der Waals surface area contributed by atoms with Gasteiger partial charge in [-0.05, 0) is 35.4 Å². The third-order valence-corrected chi connectivity index (χ3v) is 3.83. The maximum atomic E-state index is 13.3. The van der Waals surface area contributed by atoms with Crippen LogP contribution in [0.4, 0.5) is 4.39 Å². The van der Waals surface area contributed by atoms with E-state index >= 15 is 0 Å². The van der Waals surface area contributed by atoms with Crippen LogP contribution in [0.3, 0.4) is 0 Å². The molecule has 1 heterocycles. The number of halogens is 2. The van der Waals surface area contributed by atoms with Crippen LogP contribution >= 0.6 is 11.6 Å². The molecule has 1 unspecified atom stereocenters. The topological polar surface area (TPSA) is 38.3 Å². The van der Waals surface area contributed by atoms with Crippen LogP contribution in [0.2, 0.25) is 0 Å². The van der Waals surface area contributed by atoms with Crippen LogP contribution in [0, 0.1) is 5.82 Å². The fourth-order valence-electron chi connectivity index (χ4n) is 2.29. The zero-order valence-electron chi connectivity index (χ0n) is 11.1. The van der Waals surface area contributed by atoms with E-state index in [1.807, 2.05) is 0 Å². The van der Waals surface area contributed by atoms with E-state index in [9.17, 15) is 9.18 Å². The predicted molar refractivity (Wildman–Crippen MR) is 78.4 cm³/mol. The Kier molecular flexibility index (Phi) is 3.80. The third kappa shape index (κ3) is 2.85. The summed E-state index contributed by atoms with van der Waals surface area (Å²) in [4.78, 5) is 12.0. The van der Waals surface area contributed by atoms with Crippen LogP contribution < -0.4 is 10.1 Å². The van der Waals surface area contributed by atoms with E-state index in [1.165, 1.54) is 12.1 Å². The molecule has 1 N–H and O–H groups in total. The Balaban J connectivity index is 1.98. The number of rotatable bonds is 2. The lowest BCUT2D eigenvalue weighted by Gasteiger charge is -2.13. The minimum Gasteiger partial charge on any atom is -0.491 e. The minimum atomic E-state index is -0.526. The lowest BCUT2D eigenvalue weighted by Crippen LogP contribution is -2.24. The average Bonchev–Trinajstić information content (AvgIpc) is 2.68. The Morgan fingerprint density at radius 2 is 2.00 bits per heavy atom. The zero-order chi connectivity index (χ0) is 14.8. The number of carbonyl (C=O) groups excluding carboxylic acids is 1. The van der Waals surface area contributed by atoms with Gasteiger partial charge in [0.15, 0.2) is 0 Å². The van der Waals surface area contributed by atoms with Crippen molar-refractivity contribution in [3.63, 3.8) is 0 Å². The molecular weight excluding hydrogens is 293 g/mol. The molecule has 1 atom stereocenters. The van der Waals surface area contributed by atoms with Crippen molar-refractivity contribution in [2.45, 2.75) is 5.38 Å². The van der Waals surface area contributed by atoms with Crippen molar-refractivity contribution in [2.75, 3.05) is 13.2 Å². The predicted octanol–water partition coefficient (Wildman–Crippen LogP) is 3.28. The summed E-state index contributed by atoms with van der Waals surface area (Å²) in [6.07, 6.45) is 0. The number of alkyl halides is 1. The smallest absolute Gasteiger partial charge is 0.255 e. The molecule has 3 nitrogen and oxygen atoms in total. The largest absolute Gasteiger partial charge is 0.491 e. The zero-order valence-corrected chi connectivity index (χ0v) is 11.9. The maximum Gasteiger partial charge on any atom is 0.255 e. The summed E-state index contributed by atoms with van der Waals surface area (Å²) in [5, 5.41) is 2.22. The van der Waals surface area contributed by atoms with Crippen molar-refractivity contribution in [3.8, 4) is 5.75 Å². The number of fused-ring (bicyclic) bond motifs is 1. The standard InChI is InChI=1S/C16H13ClFNO2/c17-15(10-2-1-3-12(18)8-10)11-4-5-14-13(9-11)16(20)19-6-7-21-14/h1-5,8-9,15H,6-7H2,(H,19,20). The minimum absolute atomic E-state index is 0.188. The number of hydrogen-bond acceptors (Lipinski definition) is 2. The Morgan fingerprint density at radius 1 is 1.19 bits per heavy atom. The summed E-state index contributed by atoms with van der Waals surface area (Å²) in [5.41, 5.74) is 1.82. The van der Waals surface area contributed by atoms with E-state index in [-0.39, 0.29) is 11.7 Å². The fraction of sp³-hybridized carbons (Fsp3) is 0.188. The van der Waals surface area contributed by atoms with E-state index in [1.54, 1.807) is 30.3 Å². The average molecular weight is 306 g/mol. The van der Waals surface area contributed by atoms with Gasteiger partial charge in [0.2, 0.25) is 0 Å². The van der Waals surface area contributed by atoms with Gasteiger partial charge in [-0.1, -0.05) is 18.2 Å². The monoisotopic (exact) mass is 305 g/mol. The van der Waals surface area contributed by atoms with Crippen LogP contribution in [-0.2, 0) is 0 Å². The molecule has 3 rings (SSSR count). The van der Waals surface area contributed by atoms with E-state index in [2.05, 4.69) is 5.32 Å². The molecule has 2 aromatic rings. The SMILES string of the molecule is O=C1NCCOc2ccc(C(Cl)c3cccc(F)c3)cc21. The van der Waals surface area contributed by atoms with Crippen molar-refractivity contribution in [3.05, 3.63) is 65.0 Å². The molecule has 0 radical (unpaired) electrons. The molecule has 0 aromatic heterocycles. The summed E-state index contributed by atoms with van der Waals surface area (Å²) < 4.78 is 18.8. The third-order valence-electron chi connectivity index (χ3n) is 3.33. The second kappa shape index (κ2) is 5.74. The first kappa shape index (κ1) is 13.9. The van der Waals surface area contributed by atoms with Crippen LogP contribution in [0.15, 0.2) is 42.5 Å². The molecule has 1 aliphatic rings. The van der Waals surface area contributed by atoms with Gasteiger partial charge in [-0.3, -0.25) is 4.79 Å². The quantitative estimate of drug-likeness (QED) is 0.865. The Labute approximate surface area is 126 Å². The summed E-state index contributed by atoms with van der Waals surface area (Å²) in [5.74, 6) is 0.0123. The Bertz CT molecular complexity index is 690. The highest BCUT2D eigenvalue weighted by Crippen LogP contribution is 2.32. The molecular formula is C16H13ClFNO2. The van der Waals surface area contributed by atoms with Crippen molar-refractivity contribution in [1.29, 1.82) is 0 Å². The number of nitrogens with one attached hydrogen (secondary N) is 1. The number of amides is 1. The van der Waals surface area contributed by atoms with Crippen molar-refractivity contribution in [2.24, 2.45) is 0 Å². The van der Waals surface area contributed by atoms with Gasteiger partial charge in [-0.15, -0.1) is 11.6 Å². The van der Waals surface area contributed by atoms with Crippen molar-refractivity contribution >= 4 is 17.5 Å². The van der Waals surface area contributed by atoms with E-state index in [0.717, 1.165) is 5.56 Å². The van der Waals surface area contributed by atoms with E-state index in [4.69, 9.17) is 16.3 Å². The Morgan fingerprint density at radius 3 is 2.81 bits per heavy atom. The van der Waals surface area contributed by atoms with Gasteiger partial charge < -0.3 is 10.1 Å². The van der Waals surface area contributed by atoms with Crippen molar-refractivity contribution < 1.29 is 13.9 Å². The second-order valence-electron chi connectivity index (χ2n) is 4.78. The summed E-state index contributed by atoms with van der Waals surface area (Å²) >= 11 is 6.40. The highest BCUT2D eigenvalue weighted by atomic mass is 35.5. The highest BCUT2D eigenvalue weighted by molar-refractivity contribution is 6.22. The normalized spacial score (nSPS) is 15.4. The van der Waals surface area contributed by atoms with Gasteiger partial charge in [0.1, 0.15) is 18.2 Å².